The van der Waals surface area contributed by atoms with Crippen molar-refractivity contribution in [1.82, 2.24) is 9.55 Å². The van der Waals surface area contributed by atoms with E-state index in [0.717, 1.165) is 11.5 Å². The molecule has 1 aliphatic carbocycles. The first kappa shape index (κ1) is 9.26. The zero-order valence-electron chi connectivity index (χ0n) is 8.75. The lowest BCUT2D eigenvalue weighted by Crippen LogP contribution is -2.04. The highest BCUT2D eigenvalue weighted by Crippen LogP contribution is 2.33. The zero-order chi connectivity index (χ0) is 10.1. The summed E-state index contributed by atoms with van der Waals surface area (Å²) in [5.41, 5.74) is 1.59. The van der Waals surface area contributed by atoms with Crippen LogP contribution in [0.4, 0.5) is 0 Å². The molecule has 0 N–H and O–H groups in total. The van der Waals surface area contributed by atoms with Crippen LogP contribution in [-0.4, -0.2) is 9.55 Å². The monoisotopic (exact) mass is 189 g/mol. The molecule has 0 aromatic carbocycles. The molecule has 2 rings (SSSR count). The average molecular weight is 189 g/mol. The Morgan fingerprint density at radius 3 is 2.57 bits per heavy atom. The van der Waals surface area contributed by atoms with Crippen LogP contribution >= 0.6 is 0 Å². The summed E-state index contributed by atoms with van der Waals surface area (Å²) < 4.78 is 1.96. The van der Waals surface area contributed by atoms with E-state index in [4.69, 9.17) is 5.26 Å². The third kappa shape index (κ3) is 1.31. The van der Waals surface area contributed by atoms with E-state index in [1.54, 1.807) is 0 Å². The maximum Gasteiger partial charge on any atom is 0.142 e. The smallest absolute Gasteiger partial charge is 0.142 e. The number of aromatic nitrogens is 2. The maximum absolute atomic E-state index is 8.94. The lowest BCUT2D eigenvalue weighted by molar-refractivity contribution is 0.630. The van der Waals surface area contributed by atoms with E-state index >= 15 is 0 Å². The highest BCUT2D eigenvalue weighted by atomic mass is 15.1. The van der Waals surface area contributed by atoms with E-state index in [0.29, 0.717) is 11.6 Å². The van der Waals surface area contributed by atoms with Gasteiger partial charge in [-0.2, -0.15) is 5.26 Å². The van der Waals surface area contributed by atoms with Crippen molar-refractivity contribution >= 4 is 0 Å². The van der Waals surface area contributed by atoms with Crippen LogP contribution in [0.25, 0.3) is 0 Å². The van der Waals surface area contributed by atoms with Crippen molar-refractivity contribution in [2.24, 2.45) is 7.05 Å². The van der Waals surface area contributed by atoms with Gasteiger partial charge in [0.15, 0.2) is 0 Å². The highest BCUT2D eigenvalue weighted by molar-refractivity contribution is 5.29. The molecule has 0 bridgehead atoms. The second-order valence-corrected chi connectivity index (χ2v) is 4.06. The Morgan fingerprint density at radius 1 is 1.43 bits per heavy atom. The van der Waals surface area contributed by atoms with Gasteiger partial charge in [-0.05, 0) is 19.8 Å². The van der Waals surface area contributed by atoms with Crippen molar-refractivity contribution in [3.8, 4) is 6.07 Å². The van der Waals surface area contributed by atoms with Gasteiger partial charge in [-0.1, -0.05) is 12.8 Å². The Kier molecular flexibility index (Phi) is 2.28. The number of hydrogen-bond acceptors (Lipinski definition) is 2. The summed E-state index contributed by atoms with van der Waals surface area (Å²) in [6.07, 6.45) is 5.07. The molecule has 3 heteroatoms. The minimum absolute atomic E-state index is 0.584. The fraction of sp³-hybridized carbons (Fsp3) is 0.636. The van der Waals surface area contributed by atoms with E-state index in [-0.39, 0.29) is 0 Å². The summed E-state index contributed by atoms with van der Waals surface area (Å²) >= 11 is 0. The van der Waals surface area contributed by atoms with Crippen molar-refractivity contribution in [3.63, 3.8) is 0 Å². The molecule has 0 unspecified atom stereocenters. The fourth-order valence-electron chi connectivity index (χ4n) is 2.36. The van der Waals surface area contributed by atoms with Crippen LogP contribution in [0.1, 0.15) is 48.8 Å². The molecule has 74 valence electrons. The minimum Gasteiger partial charge on any atom is -0.323 e. The van der Waals surface area contributed by atoms with E-state index in [1.165, 1.54) is 25.7 Å². The van der Waals surface area contributed by atoms with Gasteiger partial charge < -0.3 is 4.57 Å². The molecular formula is C11H15N3. The summed E-state index contributed by atoms with van der Waals surface area (Å²) in [6, 6.07) is 2.21. The normalized spacial score (nSPS) is 17.2. The Bertz CT molecular complexity index is 378. The van der Waals surface area contributed by atoms with Gasteiger partial charge in [-0.15, -0.1) is 0 Å². The molecule has 1 aromatic heterocycles. The molecule has 0 atom stereocenters. The summed E-state index contributed by atoms with van der Waals surface area (Å²) in [4.78, 5) is 4.50. The largest absolute Gasteiger partial charge is 0.323 e. The van der Waals surface area contributed by atoms with Gasteiger partial charge in [0, 0.05) is 13.0 Å². The molecule has 1 saturated carbocycles. The summed E-state index contributed by atoms with van der Waals surface area (Å²) in [6.45, 7) is 1.91. The molecule has 0 amide bonds. The van der Waals surface area contributed by atoms with E-state index in [1.807, 2.05) is 18.5 Å². The van der Waals surface area contributed by atoms with E-state index in [2.05, 4.69) is 11.1 Å². The second kappa shape index (κ2) is 3.45. The van der Waals surface area contributed by atoms with Gasteiger partial charge in [0.05, 0.1) is 5.69 Å². The number of aryl methyl sites for hydroxylation is 1. The van der Waals surface area contributed by atoms with E-state index in [9.17, 15) is 0 Å². The topological polar surface area (TPSA) is 41.6 Å². The molecular weight excluding hydrogens is 174 g/mol. The summed E-state index contributed by atoms with van der Waals surface area (Å²) in [5, 5.41) is 8.94. The van der Waals surface area contributed by atoms with Gasteiger partial charge >= 0.3 is 0 Å². The predicted octanol–water partition coefficient (Wildman–Crippen LogP) is 2.26. The molecule has 14 heavy (non-hydrogen) atoms. The van der Waals surface area contributed by atoms with Crippen molar-refractivity contribution < 1.29 is 0 Å². The summed E-state index contributed by atoms with van der Waals surface area (Å²) in [5.74, 6) is 1.69. The lowest BCUT2D eigenvalue weighted by atomic mass is 10.1. The van der Waals surface area contributed by atoms with Crippen LogP contribution in [0, 0.1) is 18.3 Å². The van der Waals surface area contributed by atoms with Crippen LogP contribution < -0.4 is 0 Å². The second-order valence-electron chi connectivity index (χ2n) is 4.06. The van der Waals surface area contributed by atoms with Crippen molar-refractivity contribution in [1.29, 1.82) is 5.26 Å². The fourth-order valence-corrected chi connectivity index (χ4v) is 2.36. The molecule has 3 nitrogen and oxygen atoms in total. The van der Waals surface area contributed by atoms with Gasteiger partial charge in [0.2, 0.25) is 0 Å². The van der Waals surface area contributed by atoms with Crippen LogP contribution in [0.3, 0.4) is 0 Å². The Hall–Kier alpha value is -1.30. The Balaban J connectivity index is 2.39. The van der Waals surface area contributed by atoms with Gasteiger partial charge in [-0.3, -0.25) is 0 Å². The molecule has 1 fully saturated rings. The molecule has 1 aliphatic rings. The van der Waals surface area contributed by atoms with Crippen LogP contribution in [0.2, 0.25) is 0 Å². The molecule has 0 aliphatic heterocycles. The molecule has 0 saturated heterocycles. The Morgan fingerprint density at radius 2 is 2.07 bits per heavy atom. The first-order valence-corrected chi connectivity index (χ1v) is 5.17. The van der Waals surface area contributed by atoms with Crippen LogP contribution in [0.5, 0.6) is 0 Å². The number of hydrogen-bond donors (Lipinski definition) is 0. The molecule has 0 radical (unpaired) electrons. The first-order chi connectivity index (χ1) is 6.74. The number of rotatable bonds is 1. The quantitative estimate of drug-likeness (QED) is 0.680. The van der Waals surface area contributed by atoms with Crippen molar-refractivity contribution in [2.75, 3.05) is 0 Å². The third-order valence-corrected chi connectivity index (χ3v) is 3.13. The van der Waals surface area contributed by atoms with Gasteiger partial charge in [0.25, 0.3) is 0 Å². The highest BCUT2D eigenvalue weighted by Gasteiger charge is 2.23. The van der Waals surface area contributed by atoms with E-state index < -0.39 is 0 Å². The van der Waals surface area contributed by atoms with Crippen LogP contribution in [-0.2, 0) is 7.05 Å². The number of nitrogens with zero attached hydrogens (tertiary/aromatic N) is 3. The zero-order valence-corrected chi connectivity index (χ0v) is 8.75. The molecule has 1 aromatic rings. The predicted molar refractivity (Wildman–Crippen MR) is 53.9 cm³/mol. The Labute approximate surface area is 84.4 Å². The average Bonchev–Trinajstić information content (AvgIpc) is 2.74. The van der Waals surface area contributed by atoms with Crippen LogP contribution in [0.15, 0.2) is 0 Å². The standard InChI is InChI=1S/C11H15N3/c1-8-10(7-12)14(2)11(13-8)9-5-3-4-6-9/h9H,3-6H2,1-2H3. The van der Waals surface area contributed by atoms with Gasteiger partial charge in [-0.25, -0.2) is 4.98 Å². The lowest BCUT2D eigenvalue weighted by Gasteiger charge is -2.08. The minimum atomic E-state index is 0.584. The van der Waals surface area contributed by atoms with Crippen molar-refractivity contribution in [2.45, 2.75) is 38.5 Å². The third-order valence-electron chi connectivity index (χ3n) is 3.13. The SMILES string of the molecule is Cc1nc(C2CCCC2)n(C)c1C#N. The first-order valence-electron chi connectivity index (χ1n) is 5.17. The number of imidazole rings is 1. The molecule has 0 spiro atoms. The number of nitriles is 1. The maximum atomic E-state index is 8.94. The van der Waals surface area contributed by atoms with Gasteiger partial charge in [0.1, 0.15) is 17.6 Å². The van der Waals surface area contributed by atoms with Crippen molar-refractivity contribution in [3.05, 3.63) is 17.2 Å². The summed E-state index contributed by atoms with van der Waals surface area (Å²) in [7, 11) is 1.95. The molecule has 1 heterocycles.